The summed E-state index contributed by atoms with van der Waals surface area (Å²) in [4.78, 5) is 0. The van der Waals surface area contributed by atoms with Crippen molar-refractivity contribution >= 4 is 0 Å². The maximum absolute atomic E-state index is 8.38. The number of nitrogens with zero attached hydrogens (tertiary/aromatic N) is 1. The average Bonchev–Trinajstić information content (AvgIpc) is 2.14. The van der Waals surface area contributed by atoms with Crippen molar-refractivity contribution in [1.82, 2.24) is 0 Å². The number of hydrogen-bond donors (Lipinski definition) is 1. The van der Waals surface area contributed by atoms with E-state index in [0.717, 1.165) is 19.3 Å². The Morgan fingerprint density at radius 2 is 2.25 bits per heavy atom. The minimum absolute atomic E-state index is 0.255. The van der Waals surface area contributed by atoms with Gasteiger partial charge in [0.25, 0.3) is 0 Å². The van der Waals surface area contributed by atoms with Gasteiger partial charge in [0, 0.05) is 12.0 Å². The largest absolute Gasteiger partial charge is 0.328 e. The zero-order valence-electron chi connectivity index (χ0n) is 4.80. The molecule has 1 rings (SSSR count). The molecule has 2 nitrogen and oxygen atoms in total. The highest BCUT2D eigenvalue weighted by molar-refractivity contribution is 4.91. The van der Waals surface area contributed by atoms with Crippen LogP contribution < -0.4 is 5.73 Å². The summed E-state index contributed by atoms with van der Waals surface area (Å²) in [5.41, 5.74) is 5.55. The summed E-state index contributed by atoms with van der Waals surface area (Å²) in [6, 6.07) is 2.52. The molecule has 2 N–H and O–H groups in total. The Bertz CT molecular complexity index is 114. The smallest absolute Gasteiger partial charge is 0.0656 e. The van der Waals surface area contributed by atoms with Crippen LogP contribution in [0.4, 0.5) is 0 Å². The first-order chi connectivity index (χ1) is 3.83. The lowest BCUT2D eigenvalue weighted by atomic mass is 10.1. The van der Waals surface area contributed by atoms with Crippen LogP contribution in [0.25, 0.3) is 0 Å². The first kappa shape index (κ1) is 5.58. The Balaban J connectivity index is 2.35. The van der Waals surface area contributed by atoms with Crippen molar-refractivity contribution in [1.29, 1.82) is 5.26 Å². The molecule has 0 bridgehead atoms. The van der Waals surface area contributed by atoms with E-state index in [1.54, 1.807) is 0 Å². The summed E-state index contributed by atoms with van der Waals surface area (Å²) in [6.45, 7) is 0. The van der Waals surface area contributed by atoms with Crippen molar-refractivity contribution in [2.75, 3.05) is 0 Å². The topological polar surface area (TPSA) is 49.8 Å². The van der Waals surface area contributed by atoms with Gasteiger partial charge in [0.2, 0.25) is 0 Å². The molecule has 0 amide bonds. The third kappa shape index (κ3) is 0.988. The van der Waals surface area contributed by atoms with Crippen molar-refractivity contribution in [3.8, 4) is 6.07 Å². The monoisotopic (exact) mass is 110 g/mol. The second kappa shape index (κ2) is 2.15. The lowest BCUT2D eigenvalue weighted by Crippen LogP contribution is -2.14. The lowest BCUT2D eigenvalue weighted by molar-refractivity contribution is 0.662. The van der Waals surface area contributed by atoms with E-state index in [0.29, 0.717) is 6.04 Å². The average molecular weight is 110 g/mol. The van der Waals surface area contributed by atoms with Crippen LogP contribution in [0.3, 0.4) is 0 Å². The fourth-order valence-corrected chi connectivity index (χ4v) is 1.13. The molecule has 0 aromatic carbocycles. The second-order valence-electron chi connectivity index (χ2n) is 2.40. The van der Waals surface area contributed by atoms with Crippen LogP contribution in [-0.4, -0.2) is 6.04 Å². The van der Waals surface area contributed by atoms with E-state index in [1.165, 1.54) is 0 Å². The second-order valence-corrected chi connectivity index (χ2v) is 2.40. The van der Waals surface area contributed by atoms with E-state index < -0.39 is 0 Å². The van der Waals surface area contributed by atoms with Crippen LogP contribution in [0, 0.1) is 17.2 Å². The van der Waals surface area contributed by atoms with Crippen molar-refractivity contribution in [3.05, 3.63) is 0 Å². The fraction of sp³-hybridized carbons (Fsp3) is 0.833. The summed E-state index contributed by atoms with van der Waals surface area (Å²) in [7, 11) is 0. The van der Waals surface area contributed by atoms with Crippen LogP contribution in [-0.2, 0) is 0 Å². The van der Waals surface area contributed by atoms with E-state index in [4.69, 9.17) is 11.0 Å². The third-order valence-corrected chi connectivity index (χ3v) is 1.66. The van der Waals surface area contributed by atoms with Gasteiger partial charge < -0.3 is 5.73 Å². The normalized spacial score (nSPS) is 37.0. The molecule has 1 saturated carbocycles. The van der Waals surface area contributed by atoms with E-state index in [1.807, 2.05) is 0 Å². The highest BCUT2D eigenvalue weighted by atomic mass is 14.6. The quantitative estimate of drug-likeness (QED) is 0.497. The first-order valence-corrected chi connectivity index (χ1v) is 2.98. The van der Waals surface area contributed by atoms with Gasteiger partial charge in [0.1, 0.15) is 0 Å². The minimum Gasteiger partial charge on any atom is -0.328 e. The van der Waals surface area contributed by atoms with Crippen LogP contribution in [0.2, 0.25) is 0 Å². The molecule has 0 spiro atoms. The Morgan fingerprint density at radius 3 is 2.50 bits per heavy atom. The van der Waals surface area contributed by atoms with E-state index in [-0.39, 0.29) is 5.92 Å². The van der Waals surface area contributed by atoms with Gasteiger partial charge in [-0.05, 0) is 19.3 Å². The van der Waals surface area contributed by atoms with Gasteiger partial charge >= 0.3 is 0 Å². The molecule has 0 aromatic rings. The van der Waals surface area contributed by atoms with Crippen LogP contribution >= 0.6 is 0 Å². The Morgan fingerprint density at radius 1 is 1.50 bits per heavy atom. The maximum Gasteiger partial charge on any atom is 0.0656 e. The van der Waals surface area contributed by atoms with Gasteiger partial charge in [-0.25, -0.2) is 0 Å². The minimum atomic E-state index is 0.255. The molecule has 44 valence electrons. The Kier molecular flexibility index (Phi) is 1.50. The summed E-state index contributed by atoms with van der Waals surface area (Å²) in [6.07, 6.45) is 2.96. The molecule has 0 aliphatic heterocycles. The summed E-state index contributed by atoms with van der Waals surface area (Å²) in [5, 5.41) is 8.38. The van der Waals surface area contributed by atoms with Gasteiger partial charge in [0.15, 0.2) is 0 Å². The van der Waals surface area contributed by atoms with E-state index >= 15 is 0 Å². The third-order valence-electron chi connectivity index (χ3n) is 1.66. The van der Waals surface area contributed by atoms with Crippen LogP contribution in [0.1, 0.15) is 19.3 Å². The van der Waals surface area contributed by atoms with Gasteiger partial charge in [-0.2, -0.15) is 5.26 Å². The fourth-order valence-electron chi connectivity index (χ4n) is 1.13. The number of nitriles is 1. The highest BCUT2D eigenvalue weighted by Crippen LogP contribution is 2.22. The van der Waals surface area contributed by atoms with Crippen molar-refractivity contribution < 1.29 is 0 Å². The molecular weight excluding hydrogens is 100 g/mol. The molecule has 0 aromatic heterocycles. The first-order valence-electron chi connectivity index (χ1n) is 2.98. The summed E-state index contributed by atoms with van der Waals surface area (Å²) < 4.78 is 0. The molecule has 0 saturated heterocycles. The zero-order valence-corrected chi connectivity index (χ0v) is 4.80. The lowest BCUT2D eigenvalue weighted by Gasteiger charge is -1.95. The molecule has 8 heavy (non-hydrogen) atoms. The highest BCUT2D eigenvalue weighted by Gasteiger charge is 2.20. The number of nitrogens with two attached hydrogens (primary N) is 1. The summed E-state index contributed by atoms with van der Waals surface area (Å²) >= 11 is 0. The predicted molar refractivity (Wildman–Crippen MR) is 30.9 cm³/mol. The molecule has 1 fully saturated rings. The molecule has 1 aliphatic rings. The standard InChI is InChI=1S/C6H10N2/c7-4-5-1-2-6(8)3-5/h5-6H,1-3,8H2/t5-,6-/m0/s1. The number of hydrogen-bond acceptors (Lipinski definition) is 2. The van der Waals surface area contributed by atoms with Crippen LogP contribution in [0.5, 0.6) is 0 Å². The van der Waals surface area contributed by atoms with Gasteiger partial charge in [-0.15, -0.1) is 0 Å². The van der Waals surface area contributed by atoms with E-state index in [9.17, 15) is 0 Å². The molecule has 2 heteroatoms. The predicted octanol–water partition coefficient (Wildman–Crippen LogP) is 0.637. The molecule has 0 radical (unpaired) electrons. The van der Waals surface area contributed by atoms with Crippen molar-refractivity contribution in [3.63, 3.8) is 0 Å². The van der Waals surface area contributed by atoms with E-state index in [2.05, 4.69) is 6.07 Å². The van der Waals surface area contributed by atoms with Gasteiger partial charge in [-0.3, -0.25) is 0 Å². The summed E-state index contributed by atoms with van der Waals surface area (Å²) in [5.74, 6) is 0.255. The molecule has 0 unspecified atom stereocenters. The maximum atomic E-state index is 8.38. The SMILES string of the molecule is N#C[C@H]1CC[C@H](N)C1. The number of rotatable bonds is 0. The molecular formula is C6H10N2. The zero-order chi connectivity index (χ0) is 5.98. The van der Waals surface area contributed by atoms with Crippen LogP contribution in [0.15, 0.2) is 0 Å². The Hall–Kier alpha value is -0.550. The van der Waals surface area contributed by atoms with Crippen molar-refractivity contribution in [2.24, 2.45) is 11.7 Å². The van der Waals surface area contributed by atoms with Gasteiger partial charge in [-0.1, -0.05) is 0 Å². The van der Waals surface area contributed by atoms with Gasteiger partial charge in [0.05, 0.1) is 6.07 Å². The molecule has 1 aliphatic carbocycles. The Labute approximate surface area is 49.3 Å². The molecule has 2 atom stereocenters. The molecule has 0 heterocycles. The van der Waals surface area contributed by atoms with Crippen molar-refractivity contribution in [2.45, 2.75) is 25.3 Å².